The van der Waals surface area contributed by atoms with Gasteiger partial charge in [0.25, 0.3) is 5.91 Å². The number of hydrogen-bond donors (Lipinski definition) is 2. The van der Waals surface area contributed by atoms with Crippen molar-refractivity contribution >= 4 is 45.9 Å². The molecule has 0 aliphatic rings. The topological polar surface area (TPSA) is 71.1 Å². The molecule has 0 unspecified atom stereocenters. The highest BCUT2D eigenvalue weighted by atomic mass is 32.1. The Labute approximate surface area is 194 Å². The number of thiazole rings is 1. The Hall–Kier alpha value is -3.50. The number of carbonyl (C=O) groups excluding carboxylic acids is 2. The van der Waals surface area contributed by atoms with Gasteiger partial charge in [0.05, 0.1) is 17.7 Å². The van der Waals surface area contributed by atoms with E-state index >= 15 is 0 Å². The van der Waals surface area contributed by atoms with Crippen LogP contribution in [0.1, 0.15) is 21.6 Å². The molecule has 4 aromatic rings. The third-order valence-corrected chi connectivity index (χ3v) is 6.14. The summed E-state index contributed by atoms with van der Waals surface area (Å²) in [5.41, 5.74) is 1.40. The second-order valence-corrected chi connectivity index (χ2v) is 8.63. The Morgan fingerprint density at radius 2 is 1.70 bits per heavy atom. The van der Waals surface area contributed by atoms with Gasteiger partial charge < -0.3 is 10.6 Å². The van der Waals surface area contributed by atoms with Crippen molar-refractivity contribution in [3.63, 3.8) is 0 Å². The largest absolute Gasteiger partial charge is 0.416 e. The van der Waals surface area contributed by atoms with Gasteiger partial charge in [0.1, 0.15) is 5.01 Å². The minimum absolute atomic E-state index is 0.0224. The van der Waals surface area contributed by atoms with Crippen molar-refractivity contribution in [1.82, 2.24) is 4.98 Å². The van der Waals surface area contributed by atoms with Crippen LogP contribution in [0.2, 0.25) is 0 Å². The molecule has 2 amide bonds. The number of aromatic nitrogens is 1. The van der Waals surface area contributed by atoms with Gasteiger partial charge in [0, 0.05) is 33.3 Å². The summed E-state index contributed by atoms with van der Waals surface area (Å²) in [6.07, 6.45) is -4.44. The van der Waals surface area contributed by atoms with Crippen molar-refractivity contribution in [2.75, 3.05) is 10.6 Å². The Morgan fingerprint density at radius 3 is 2.42 bits per heavy atom. The molecule has 0 saturated carbocycles. The van der Waals surface area contributed by atoms with Crippen molar-refractivity contribution in [2.24, 2.45) is 0 Å². The molecular weight excluding hydrogens is 471 g/mol. The number of rotatable bonds is 6. The molecule has 0 radical (unpaired) electrons. The van der Waals surface area contributed by atoms with E-state index in [1.165, 1.54) is 35.6 Å². The van der Waals surface area contributed by atoms with E-state index in [4.69, 9.17) is 0 Å². The van der Waals surface area contributed by atoms with Gasteiger partial charge in [-0.2, -0.15) is 24.5 Å². The Kier molecular flexibility index (Phi) is 6.57. The zero-order valence-corrected chi connectivity index (χ0v) is 18.5. The number of thiophene rings is 1. The quantitative estimate of drug-likeness (QED) is 0.334. The van der Waals surface area contributed by atoms with Crippen molar-refractivity contribution in [3.8, 4) is 10.6 Å². The average Bonchev–Trinajstić information content (AvgIpc) is 3.45. The number of alkyl halides is 3. The summed E-state index contributed by atoms with van der Waals surface area (Å²) in [7, 11) is 0. The maximum absolute atomic E-state index is 12.9. The summed E-state index contributed by atoms with van der Waals surface area (Å²) in [5, 5.41) is 11.8. The van der Waals surface area contributed by atoms with Gasteiger partial charge in [-0.25, -0.2) is 4.98 Å². The number of halogens is 3. The highest BCUT2D eigenvalue weighted by Gasteiger charge is 2.30. The molecule has 2 aromatic heterocycles. The van der Waals surface area contributed by atoms with Crippen LogP contribution in [0.4, 0.5) is 24.5 Å². The molecule has 10 heteroatoms. The van der Waals surface area contributed by atoms with Gasteiger partial charge >= 0.3 is 6.18 Å². The molecule has 0 aliphatic heterocycles. The van der Waals surface area contributed by atoms with E-state index in [1.54, 1.807) is 23.5 Å². The molecule has 33 heavy (non-hydrogen) atoms. The molecule has 2 heterocycles. The molecule has 2 aromatic carbocycles. The van der Waals surface area contributed by atoms with E-state index < -0.39 is 17.6 Å². The molecular formula is C23H16F3N3O2S2. The Morgan fingerprint density at radius 1 is 0.939 bits per heavy atom. The molecule has 168 valence electrons. The van der Waals surface area contributed by atoms with Crippen LogP contribution in [-0.2, 0) is 17.4 Å². The number of nitrogens with zero attached hydrogens (tertiary/aromatic N) is 1. The van der Waals surface area contributed by atoms with Crippen LogP contribution in [0.3, 0.4) is 0 Å². The fourth-order valence-corrected chi connectivity index (χ4v) is 4.52. The van der Waals surface area contributed by atoms with Gasteiger partial charge in [-0.1, -0.05) is 12.1 Å². The van der Waals surface area contributed by atoms with Crippen LogP contribution in [-0.4, -0.2) is 16.8 Å². The number of amides is 2. The molecule has 0 bridgehead atoms. The normalized spacial score (nSPS) is 11.2. The predicted octanol–water partition coefficient (Wildman–Crippen LogP) is 6.32. The molecule has 0 aliphatic carbocycles. The SMILES string of the molecule is O=C(Cc1csc(-c2ccsc2)n1)Nc1cccc(C(=O)Nc2cccc(C(F)(F)F)c2)c1. The third-order valence-electron chi connectivity index (χ3n) is 4.52. The van der Waals surface area contributed by atoms with Crippen LogP contribution >= 0.6 is 22.7 Å². The maximum atomic E-state index is 12.9. The van der Waals surface area contributed by atoms with Crippen LogP contribution in [0, 0.1) is 0 Å². The second-order valence-electron chi connectivity index (χ2n) is 6.99. The minimum atomic E-state index is -4.51. The predicted molar refractivity (Wildman–Crippen MR) is 124 cm³/mol. The number of anilines is 2. The van der Waals surface area contributed by atoms with E-state index in [-0.39, 0.29) is 23.6 Å². The lowest BCUT2D eigenvalue weighted by molar-refractivity contribution is -0.137. The Bertz CT molecular complexity index is 1280. The van der Waals surface area contributed by atoms with Gasteiger partial charge in [-0.15, -0.1) is 11.3 Å². The lowest BCUT2D eigenvalue weighted by Gasteiger charge is -2.11. The van der Waals surface area contributed by atoms with Gasteiger partial charge in [-0.3, -0.25) is 9.59 Å². The lowest BCUT2D eigenvalue weighted by atomic mass is 10.1. The van der Waals surface area contributed by atoms with Crippen LogP contribution in [0.5, 0.6) is 0 Å². The summed E-state index contributed by atoms with van der Waals surface area (Å²) in [6, 6.07) is 12.5. The zero-order chi connectivity index (χ0) is 23.4. The third kappa shape index (κ3) is 5.85. The summed E-state index contributed by atoms with van der Waals surface area (Å²) in [4.78, 5) is 29.4. The average molecular weight is 488 g/mol. The molecule has 2 N–H and O–H groups in total. The van der Waals surface area contributed by atoms with E-state index in [0.29, 0.717) is 11.4 Å². The first-order valence-corrected chi connectivity index (χ1v) is 11.5. The highest BCUT2D eigenvalue weighted by Crippen LogP contribution is 2.31. The molecule has 0 fully saturated rings. The summed E-state index contributed by atoms with van der Waals surface area (Å²) in [6.45, 7) is 0. The van der Waals surface area contributed by atoms with Crippen molar-refractivity contribution < 1.29 is 22.8 Å². The summed E-state index contributed by atoms with van der Waals surface area (Å²) in [5.74, 6) is -0.891. The van der Waals surface area contributed by atoms with E-state index in [0.717, 1.165) is 22.7 Å². The van der Waals surface area contributed by atoms with Gasteiger partial charge in [-0.05, 0) is 47.8 Å². The fourth-order valence-electron chi connectivity index (χ4n) is 2.99. The van der Waals surface area contributed by atoms with Crippen LogP contribution in [0.25, 0.3) is 10.6 Å². The van der Waals surface area contributed by atoms with Crippen LogP contribution in [0.15, 0.2) is 70.7 Å². The molecule has 4 rings (SSSR count). The number of hydrogen-bond acceptors (Lipinski definition) is 5. The first-order chi connectivity index (χ1) is 15.8. The number of nitrogens with one attached hydrogen (secondary N) is 2. The lowest BCUT2D eigenvalue weighted by Crippen LogP contribution is -2.16. The molecule has 0 saturated heterocycles. The van der Waals surface area contributed by atoms with E-state index in [2.05, 4.69) is 15.6 Å². The fraction of sp³-hybridized carbons (Fsp3) is 0.0870. The van der Waals surface area contributed by atoms with Crippen molar-refractivity contribution in [2.45, 2.75) is 12.6 Å². The van der Waals surface area contributed by atoms with Crippen molar-refractivity contribution in [1.29, 1.82) is 0 Å². The molecule has 5 nitrogen and oxygen atoms in total. The van der Waals surface area contributed by atoms with E-state index in [9.17, 15) is 22.8 Å². The zero-order valence-electron chi connectivity index (χ0n) is 16.8. The standard InChI is InChI=1S/C23H16F3N3O2S2/c24-23(25,26)16-4-2-6-18(10-16)28-21(31)14-3-1-5-17(9-14)27-20(30)11-19-13-33-22(29-19)15-7-8-32-12-15/h1-10,12-13H,11H2,(H,27,30)(H,28,31). The first kappa shape index (κ1) is 22.7. The summed E-state index contributed by atoms with van der Waals surface area (Å²) < 4.78 is 38.6. The van der Waals surface area contributed by atoms with Gasteiger partial charge in [0.2, 0.25) is 5.91 Å². The monoisotopic (exact) mass is 487 g/mol. The van der Waals surface area contributed by atoms with Crippen molar-refractivity contribution in [3.05, 3.63) is 87.6 Å². The summed E-state index contributed by atoms with van der Waals surface area (Å²) >= 11 is 3.03. The minimum Gasteiger partial charge on any atom is -0.326 e. The van der Waals surface area contributed by atoms with Crippen LogP contribution < -0.4 is 10.6 Å². The second kappa shape index (κ2) is 9.55. The highest BCUT2D eigenvalue weighted by molar-refractivity contribution is 7.14. The number of benzene rings is 2. The maximum Gasteiger partial charge on any atom is 0.416 e. The first-order valence-electron chi connectivity index (χ1n) is 9.63. The Balaban J connectivity index is 1.39. The van der Waals surface area contributed by atoms with E-state index in [1.807, 2.05) is 22.2 Å². The number of carbonyl (C=O) groups is 2. The smallest absolute Gasteiger partial charge is 0.326 e. The van der Waals surface area contributed by atoms with Gasteiger partial charge in [0.15, 0.2) is 0 Å². The molecule has 0 atom stereocenters. The molecule has 0 spiro atoms.